The van der Waals surface area contributed by atoms with E-state index in [1.807, 2.05) is 54.6 Å². The van der Waals surface area contributed by atoms with Gasteiger partial charge in [-0.1, -0.05) is 42.5 Å². The van der Waals surface area contributed by atoms with Gasteiger partial charge in [-0.2, -0.15) is 0 Å². The maximum Gasteiger partial charge on any atom is 0.261 e. The zero-order valence-electron chi connectivity index (χ0n) is 11.5. The number of hydrogen-bond acceptors (Lipinski definition) is 3. The Labute approximate surface area is 127 Å². The molecular weight excluding hydrogens is 280 g/mol. The molecule has 0 atom stereocenters. The molecular formula is C17H16N2OS. The molecule has 0 fully saturated rings. The molecule has 1 amide bonds. The Kier molecular flexibility index (Phi) is 3.99. The van der Waals surface area contributed by atoms with Crippen LogP contribution in [0.1, 0.15) is 20.8 Å². The van der Waals surface area contributed by atoms with Crippen molar-refractivity contribution in [1.82, 2.24) is 5.32 Å². The van der Waals surface area contributed by atoms with Crippen LogP contribution in [0.15, 0.2) is 54.6 Å². The van der Waals surface area contributed by atoms with Gasteiger partial charge < -0.3 is 11.1 Å². The van der Waals surface area contributed by atoms with Gasteiger partial charge in [0.15, 0.2) is 0 Å². The maximum absolute atomic E-state index is 12.3. The number of nitrogens with one attached hydrogen (secondary N) is 1. The van der Waals surface area contributed by atoms with Crippen molar-refractivity contribution in [2.75, 3.05) is 0 Å². The monoisotopic (exact) mass is 296 g/mol. The van der Waals surface area contributed by atoms with E-state index in [1.54, 1.807) is 0 Å². The first kappa shape index (κ1) is 13.8. The zero-order chi connectivity index (χ0) is 14.7. The quantitative estimate of drug-likeness (QED) is 0.776. The number of hydrogen-bond donors (Lipinski definition) is 2. The fourth-order valence-corrected chi connectivity index (χ4v) is 3.26. The van der Waals surface area contributed by atoms with E-state index in [0.29, 0.717) is 13.1 Å². The van der Waals surface area contributed by atoms with Gasteiger partial charge in [-0.3, -0.25) is 4.79 Å². The van der Waals surface area contributed by atoms with Gasteiger partial charge >= 0.3 is 0 Å². The van der Waals surface area contributed by atoms with Crippen LogP contribution in [-0.2, 0) is 13.1 Å². The molecule has 0 unspecified atom stereocenters. The molecule has 0 radical (unpaired) electrons. The number of amides is 1. The topological polar surface area (TPSA) is 55.1 Å². The number of nitrogens with two attached hydrogens (primary N) is 1. The summed E-state index contributed by atoms with van der Waals surface area (Å²) < 4.78 is 1.13. The van der Waals surface area contributed by atoms with Gasteiger partial charge in [0.2, 0.25) is 0 Å². The van der Waals surface area contributed by atoms with Gasteiger partial charge in [0.05, 0.1) is 4.88 Å². The first-order valence-corrected chi connectivity index (χ1v) is 7.63. The van der Waals surface area contributed by atoms with Crippen molar-refractivity contribution in [3.63, 3.8) is 0 Å². The third-order valence-corrected chi connectivity index (χ3v) is 4.54. The highest BCUT2D eigenvalue weighted by Gasteiger charge is 2.10. The summed E-state index contributed by atoms with van der Waals surface area (Å²) in [4.78, 5) is 13.0. The van der Waals surface area contributed by atoms with Crippen LogP contribution in [0, 0.1) is 0 Å². The fraction of sp³-hybridized carbons (Fsp3) is 0.118. The molecule has 3 rings (SSSR count). The molecule has 1 aromatic heterocycles. The van der Waals surface area contributed by atoms with Crippen molar-refractivity contribution >= 4 is 27.3 Å². The lowest BCUT2D eigenvalue weighted by Gasteiger charge is -2.08. The van der Waals surface area contributed by atoms with E-state index in [9.17, 15) is 4.79 Å². The Morgan fingerprint density at radius 2 is 1.76 bits per heavy atom. The van der Waals surface area contributed by atoms with Crippen LogP contribution in [0.4, 0.5) is 0 Å². The molecule has 0 aliphatic carbocycles. The summed E-state index contributed by atoms with van der Waals surface area (Å²) in [5.74, 6) is -0.0389. The zero-order valence-corrected chi connectivity index (χ0v) is 12.3. The molecule has 0 saturated carbocycles. The predicted octanol–water partition coefficient (Wildman–Crippen LogP) is 3.29. The molecule has 0 bridgehead atoms. The van der Waals surface area contributed by atoms with Gasteiger partial charge in [0, 0.05) is 17.8 Å². The predicted molar refractivity (Wildman–Crippen MR) is 87.3 cm³/mol. The highest BCUT2D eigenvalue weighted by atomic mass is 32.1. The second-order valence-electron chi connectivity index (χ2n) is 4.80. The first-order chi connectivity index (χ1) is 10.3. The summed E-state index contributed by atoms with van der Waals surface area (Å²) in [5, 5.41) is 4.07. The maximum atomic E-state index is 12.3. The lowest BCUT2D eigenvalue weighted by atomic mass is 10.1. The Hall–Kier alpha value is -2.17. The SMILES string of the molecule is NCc1ccccc1CNC(=O)c1cc2ccccc2s1. The number of rotatable bonds is 4. The number of thiophene rings is 1. The van der Waals surface area contributed by atoms with Crippen LogP contribution in [-0.4, -0.2) is 5.91 Å². The number of carbonyl (C=O) groups excluding carboxylic acids is 1. The molecule has 106 valence electrons. The second-order valence-corrected chi connectivity index (χ2v) is 5.89. The minimum atomic E-state index is -0.0389. The molecule has 0 aliphatic rings. The van der Waals surface area contributed by atoms with Crippen molar-refractivity contribution in [2.24, 2.45) is 5.73 Å². The summed E-state index contributed by atoms with van der Waals surface area (Å²) in [6.07, 6.45) is 0. The van der Waals surface area contributed by atoms with E-state index in [4.69, 9.17) is 5.73 Å². The summed E-state index contributed by atoms with van der Waals surface area (Å²) in [7, 11) is 0. The van der Waals surface area contributed by atoms with Crippen molar-refractivity contribution in [2.45, 2.75) is 13.1 Å². The Balaban J connectivity index is 1.74. The highest BCUT2D eigenvalue weighted by molar-refractivity contribution is 7.20. The minimum Gasteiger partial charge on any atom is -0.347 e. The fourth-order valence-electron chi connectivity index (χ4n) is 2.29. The molecule has 3 aromatic rings. The normalized spacial score (nSPS) is 10.7. The van der Waals surface area contributed by atoms with E-state index in [-0.39, 0.29) is 5.91 Å². The van der Waals surface area contributed by atoms with Gasteiger partial charge in [-0.25, -0.2) is 0 Å². The van der Waals surface area contributed by atoms with E-state index >= 15 is 0 Å². The van der Waals surface area contributed by atoms with E-state index in [2.05, 4.69) is 5.32 Å². The second kappa shape index (κ2) is 6.08. The Morgan fingerprint density at radius 3 is 2.52 bits per heavy atom. The Bertz CT molecular complexity index is 746. The largest absolute Gasteiger partial charge is 0.347 e. The molecule has 1 heterocycles. The molecule has 0 saturated heterocycles. The van der Waals surface area contributed by atoms with Crippen LogP contribution in [0.2, 0.25) is 0 Å². The van der Waals surface area contributed by atoms with E-state index < -0.39 is 0 Å². The Morgan fingerprint density at radius 1 is 1.05 bits per heavy atom. The highest BCUT2D eigenvalue weighted by Crippen LogP contribution is 2.25. The van der Waals surface area contributed by atoms with E-state index in [0.717, 1.165) is 26.1 Å². The smallest absolute Gasteiger partial charge is 0.261 e. The van der Waals surface area contributed by atoms with Crippen molar-refractivity contribution in [3.8, 4) is 0 Å². The van der Waals surface area contributed by atoms with Gasteiger partial charge in [-0.05, 0) is 28.6 Å². The average Bonchev–Trinajstić information content (AvgIpc) is 2.97. The lowest BCUT2D eigenvalue weighted by molar-refractivity contribution is 0.0955. The van der Waals surface area contributed by atoms with Crippen molar-refractivity contribution in [3.05, 3.63) is 70.6 Å². The number of benzene rings is 2. The van der Waals surface area contributed by atoms with E-state index in [1.165, 1.54) is 11.3 Å². The number of fused-ring (bicyclic) bond motifs is 1. The third kappa shape index (κ3) is 2.96. The van der Waals surface area contributed by atoms with Crippen LogP contribution >= 0.6 is 11.3 Å². The lowest BCUT2D eigenvalue weighted by Crippen LogP contribution is -2.22. The van der Waals surface area contributed by atoms with Crippen LogP contribution in [0.5, 0.6) is 0 Å². The molecule has 3 N–H and O–H groups in total. The third-order valence-electron chi connectivity index (χ3n) is 3.43. The first-order valence-electron chi connectivity index (χ1n) is 6.81. The van der Waals surface area contributed by atoms with Crippen LogP contribution in [0.25, 0.3) is 10.1 Å². The molecule has 3 nitrogen and oxygen atoms in total. The number of carbonyl (C=O) groups is 1. The van der Waals surface area contributed by atoms with Crippen molar-refractivity contribution in [1.29, 1.82) is 0 Å². The summed E-state index contributed by atoms with van der Waals surface area (Å²) in [6.45, 7) is 0.982. The standard InChI is InChI=1S/C17H16N2OS/c18-10-13-6-1-2-7-14(13)11-19-17(20)16-9-12-5-3-4-8-15(12)21-16/h1-9H,10-11,18H2,(H,19,20). The van der Waals surface area contributed by atoms with Gasteiger partial charge in [0.25, 0.3) is 5.91 Å². The molecule has 0 spiro atoms. The molecule has 4 heteroatoms. The summed E-state index contributed by atoms with van der Waals surface area (Å²) >= 11 is 1.51. The molecule has 0 aliphatic heterocycles. The molecule has 21 heavy (non-hydrogen) atoms. The van der Waals surface area contributed by atoms with Crippen molar-refractivity contribution < 1.29 is 4.79 Å². The van der Waals surface area contributed by atoms with Gasteiger partial charge in [0.1, 0.15) is 0 Å². The van der Waals surface area contributed by atoms with Crippen LogP contribution in [0.3, 0.4) is 0 Å². The summed E-state index contributed by atoms with van der Waals surface area (Å²) in [5.41, 5.74) is 7.84. The molecule has 2 aromatic carbocycles. The average molecular weight is 296 g/mol. The summed E-state index contributed by atoms with van der Waals surface area (Å²) in [6, 6.07) is 17.8. The van der Waals surface area contributed by atoms with Crippen LogP contribution < -0.4 is 11.1 Å². The van der Waals surface area contributed by atoms with Gasteiger partial charge in [-0.15, -0.1) is 11.3 Å². The minimum absolute atomic E-state index is 0.0389.